The van der Waals surface area contributed by atoms with Gasteiger partial charge in [-0.25, -0.2) is 0 Å². The second kappa shape index (κ2) is 10.4. The Morgan fingerprint density at radius 3 is 2.54 bits per heavy atom. The molecule has 0 bridgehead atoms. The van der Waals surface area contributed by atoms with Crippen molar-refractivity contribution in [3.05, 3.63) is 0 Å². The average molecular weight is 204 g/mol. The van der Waals surface area contributed by atoms with Crippen LogP contribution in [0.15, 0.2) is 0 Å². The van der Waals surface area contributed by atoms with Gasteiger partial charge in [0.2, 0.25) is 0 Å². The van der Waals surface area contributed by atoms with Gasteiger partial charge >= 0.3 is 0 Å². The van der Waals surface area contributed by atoms with Crippen LogP contribution in [-0.2, 0) is 0 Å². The van der Waals surface area contributed by atoms with E-state index in [1.807, 2.05) is 0 Å². The van der Waals surface area contributed by atoms with Crippen LogP contribution in [0.5, 0.6) is 0 Å². The molecule has 0 aliphatic heterocycles. The standard InChI is InChI=1S/C10H25N2P/c1-2-3-9-13-10(12)7-5-4-6-8-11/h10,13H,2-9,11-12H2,1H3. The molecule has 2 unspecified atom stereocenters. The molecule has 13 heavy (non-hydrogen) atoms. The fourth-order valence-corrected chi connectivity index (χ4v) is 2.59. The summed E-state index contributed by atoms with van der Waals surface area (Å²) in [5, 5.41) is 0. The summed E-state index contributed by atoms with van der Waals surface area (Å²) in [4.78, 5) is 0. The Hall–Kier alpha value is 0.350. The van der Waals surface area contributed by atoms with E-state index in [9.17, 15) is 0 Å². The minimum absolute atomic E-state index is 0.462. The first kappa shape index (κ1) is 13.4. The third kappa shape index (κ3) is 10.3. The lowest BCUT2D eigenvalue weighted by molar-refractivity contribution is 0.634. The number of hydrogen-bond acceptors (Lipinski definition) is 2. The molecule has 4 N–H and O–H groups in total. The summed E-state index contributed by atoms with van der Waals surface area (Å²) in [6.07, 6.45) is 8.84. The fourth-order valence-electron chi connectivity index (χ4n) is 1.25. The maximum absolute atomic E-state index is 5.98. The van der Waals surface area contributed by atoms with Crippen LogP contribution in [0.1, 0.15) is 45.4 Å². The molecular weight excluding hydrogens is 179 g/mol. The lowest BCUT2D eigenvalue weighted by atomic mass is 10.2. The van der Waals surface area contributed by atoms with Crippen molar-refractivity contribution in [3.8, 4) is 0 Å². The van der Waals surface area contributed by atoms with Crippen molar-refractivity contribution in [3.63, 3.8) is 0 Å². The van der Waals surface area contributed by atoms with Gasteiger partial charge in [-0.05, 0) is 32.0 Å². The van der Waals surface area contributed by atoms with Gasteiger partial charge in [-0.1, -0.05) is 26.2 Å². The third-order valence-electron chi connectivity index (χ3n) is 2.16. The van der Waals surface area contributed by atoms with Crippen LogP contribution in [0.25, 0.3) is 0 Å². The molecule has 80 valence electrons. The van der Waals surface area contributed by atoms with E-state index in [0.29, 0.717) is 5.78 Å². The van der Waals surface area contributed by atoms with Gasteiger partial charge in [-0.15, -0.1) is 8.58 Å². The van der Waals surface area contributed by atoms with Crippen LogP contribution in [0.4, 0.5) is 0 Å². The van der Waals surface area contributed by atoms with Crippen molar-refractivity contribution in [1.29, 1.82) is 0 Å². The molecular formula is C10H25N2P. The maximum Gasteiger partial charge on any atom is 0.0213 e. The topological polar surface area (TPSA) is 52.0 Å². The van der Waals surface area contributed by atoms with Crippen LogP contribution in [0, 0.1) is 0 Å². The molecule has 0 aromatic rings. The molecule has 0 saturated heterocycles. The van der Waals surface area contributed by atoms with Gasteiger partial charge in [0.25, 0.3) is 0 Å². The van der Waals surface area contributed by atoms with Crippen molar-refractivity contribution in [2.75, 3.05) is 12.7 Å². The molecule has 0 radical (unpaired) electrons. The van der Waals surface area contributed by atoms with Crippen molar-refractivity contribution in [1.82, 2.24) is 0 Å². The van der Waals surface area contributed by atoms with E-state index >= 15 is 0 Å². The summed E-state index contributed by atoms with van der Waals surface area (Å²) in [7, 11) is 0.971. The highest BCUT2D eigenvalue weighted by Crippen LogP contribution is 2.21. The van der Waals surface area contributed by atoms with Crippen LogP contribution >= 0.6 is 8.58 Å². The number of unbranched alkanes of at least 4 members (excludes halogenated alkanes) is 3. The van der Waals surface area contributed by atoms with E-state index in [4.69, 9.17) is 11.5 Å². The highest BCUT2D eigenvalue weighted by atomic mass is 31.1. The zero-order valence-electron chi connectivity index (χ0n) is 8.89. The lowest BCUT2D eigenvalue weighted by Gasteiger charge is -2.10. The van der Waals surface area contributed by atoms with Gasteiger partial charge < -0.3 is 11.5 Å². The van der Waals surface area contributed by atoms with Gasteiger partial charge in [-0.2, -0.15) is 0 Å². The summed E-state index contributed by atoms with van der Waals surface area (Å²) in [5.41, 5.74) is 11.4. The molecule has 0 aliphatic carbocycles. The first-order chi connectivity index (χ1) is 6.31. The summed E-state index contributed by atoms with van der Waals surface area (Å²) < 4.78 is 0. The van der Waals surface area contributed by atoms with Crippen LogP contribution < -0.4 is 11.5 Å². The van der Waals surface area contributed by atoms with E-state index in [1.54, 1.807) is 0 Å². The monoisotopic (exact) mass is 204 g/mol. The fraction of sp³-hybridized carbons (Fsp3) is 1.00. The Kier molecular flexibility index (Phi) is 10.7. The first-order valence-corrected chi connectivity index (χ1v) is 6.78. The predicted octanol–water partition coefficient (Wildman–Crippen LogP) is 2.27. The minimum Gasteiger partial charge on any atom is -0.330 e. The van der Waals surface area contributed by atoms with Gasteiger partial charge in [-0.3, -0.25) is 0 Å². The van der Waals surface area contributed by atoms with Crippen molar-refractivity contribution < 1.29 is 0 Å². The average Bonchev–Trinajstić information content (AvgIpc) is 2.13. The van der Waals surface area contributed by atoms with Crippen molar-refractivity contribution in [2.45, 2.75) is 51.2 Å². The molecule has 0 aromatic carbocycles. The highest BCUT2D eigenvalue weighted by Gasteiger charge is 2.00. The van der Waals surface area contributed by atoms with E-state index in [2.05, 4.69) is 6.92 Å². The largest absolute Gasteiger partial charge is 0.330 e. The second-order valence-corrected chi connectivity index (χ2v) is 5.20. The molecule has 0 fully saturated rings. The SMILES string of the molecule is CCCCPC(N)CCCCCN. The smallest absolute Gasteiger partial charge is 0.0213 e. The molecule has 0 rings (SSSR count). The van der Waals surface area contributed by atoms with Crippen molar-refractivity contribution in [2.24, 2.45) is 11.5 Å². The van der Waals surface area contributed by atoms with Crippen LogP contribution in [0.2, 0.25) is 0 Å². The van der Waals surface area contributed by atoms with Crippen LogP contribution in [-0.4, -0.2) is 18.5 Å². The van der Waals surface area contributed by atoms with Gasteiger partial charge in [0.05, 0.1) is 0 Å². The first-order valence-electron chi connectivity index (χ1n) is 5.50. The van der Waals surface area contributed by atoms with Crippen LogP contribution in [0.3, 0.4) is 0 Å². The molecule has 0 spiro atoms. The zero-order chi connectivity index (χ0) is 9.94. The molecule has 0 amide bonds. The molecule has 0 saturated carbocycles. The normalized spacial score (nSPS) is 14.1. The minimum atomic E-state index is 0.462. The molecule has 3 heteroatoms. The van der Waals surface area contributed by atoms with E-state index in [-0.39, 0.29) is 0 Å². The number of nitrogens with two attached hydrogens (primary N) is 2. The molecule has 2 nitrogen and oxygen atoms in total. The Balaban J connectivity index is 3.05. The van der Waals surface area contributed by atoms with Gasteiger partial charge in [0, 0.05) is 5.78 Å². The molecule has 0 heterocycles. The molecule has 0 aromatic heterocycles. The van der Waals surface area contributed by atoms with Crippen molar-refractivity contribution >= 4 is 8.58 Å². The maximum atomic E-state index is 5.98. The van der Waals surface area contributed by atoms with Gasteiger partial charge in [0.15, 0.2) is 0 Å². The Morgan fingerprint density at radius 2 is 1.92 bits per heavy atom. The number of rotatable bonds is 9. The second-order valence-electron chi connectivity index (χ2n) is 3.55. The number of hydrogen-bond donors (Lipinski definition) is 2. The zero-order valence-corrected chi connectivity index (χ0v) is 9.89. The van der Waals surface area contributed by atoms with E-state index in [0.717, 1.165) is 21.5 Å². The Morgan fingerprint density at radius 1 is 1.15 bits per heavy atom. The summed E-state index contributed by atoms with van der Waals surface area (Å²) in [6.45, 7) is 3.06. The molecule has 2 atom stereocenters. The van der Waals surface area contributed by atoms with E-state index < -0.39 is 0 Å². The van der Waals surface area contributed by atoms with E-state index in [1.165, 1.54) is 38.3 Å². The quantitative estimate of drug-likeness (QED) is 0.447. The lowest BCUT2D eigenvalue weighted by Crippen LogP contribution is -2.14. The predicted molar refractivity (Wildman–Crippen MR) is 63.6 cm³/mol. The highest BCUT2D eigenvalue weighted by molar-refractivity contribution is 7.38. The summed E-state index contributed by atoms with van der Waals surface area (Å²) in [5.74, 6) is 0.462. The summed E-state index contributed by atoms with van der Waals surface area (Å²) >= 11 is 0. The van der Waals surface area contributed by atoms with Gasteiger partial charge in [0.1, 0.15) is 0 Å². The molecule has 0 aliphatic rings. The summed E-state index contributed by atoms with van der Waals surface area (Å²) in [6, 6.07) is 0. The third-order valence-corrected chi connectivity index (χ3v) is 3.61. The Labute approximate surface area is 84.6 Å². The Bertz CT molecular complexity index is 98.9.